The third-order valence-corrected chi connectivity index (χ3v) is 4.39. The van der Waals surface area contributed by atoms with Crippen LogP contribution in [0, 0.1) is 23.7 Å². The molecule has 4 atom stereocenters. The number of nitrogens with one attached hydrogen (secondary N) is 1. The fourth-order valence-corrected chi connectivity index (χ4v) is 3.80. The monoisotopic (exact) mass is 226 g/mol. The van der Waals surface area contributed by atoms with Crippen molar-refractivity contribution in [1.82, 2.24) is 5.43 Å². The molecule has 94 valence electrons. The summed E-state index contributed by atoms with van der Waals surface area (Å²) in [4.78, 5) is 0. The number of nitrogens with two attached hydrogens (primary N) is 1. The molecule has 0 aromatic rings. The van der Waals surface area contributed by atoms with Gasteiger partial charge >= 0.3 is 0 Å². The van der Waals surface area contributed by atoms with Gasteiger partial charge in [-0.25, -0.2) is 0 Å². The Kier molecular flexibility index (Phi) is 4.22. The van der Waals surface area contributed by atoms with Crippen LogP contribution >= 0.6 is 0 Å². The highest BCUT2D eigenvalue weighted by molar-refractivity contribution is 4.88. The number of ether oxygens (including phenoxy) is 1. The molecule has 0 amide bonds. The third-order valence-electron chi connectivity index (χ3n) is 4.39. The van der Waals surface area contributed by atoms with Crippen molar-refractivity contribution < 1.29 is 4.74 Å². The van der Waals surface area contributed by atoms with Crippen molar-refractivity contribution in [2.45, 2.75) is 45.6 Å². The van der Waals surface area contributed by atoms with Crippen molar-refractivity contribution in [2.24, 2.45) is 29.5 Å². The van der Waals surface area contributed by atoms with Crippen LogP contribution in [-0.2, 0) is 4.74 Å². The summed E-state index contributed by atoms with van der Waals surface area (Å²) in [6.07, 6.45) is 5.22. The Morgan fingerprint density at radius 1 is 1.12 bits per heavy atom. The van der Waals surface area contributed by atoms with Gasteiger partial charge < -0.3 is 4.74 Å². The largest absolute Gasteiger partial charge is 0.381 e. The van der Waals surface area contributed by atoms with Gasteiger partial charge in [-0.2, -0.15) is 0 Å². The van der Waals surface area contributed by atoms with E-state index >= 15 is 0 Å². The molecule has 3 nitrogen and oxygen atoms in total. The van der Waals surface area contributed by atoms with E-state index in [9.17, 15) is 0 Å². The van der Waals surface area contributed by atoms with Crippen LogP contribution in [0.1, 0.15) is 39.5 Å². The normalized spacial score (nSPS) is 42.2. The number of hydrazine groups is 1. The molecule has 0 aromatic heterocycles. The fourth-order valence-electron chi connectivity index (χ4n) is 3.80. The molecule has 16 heavy (non-hydrogen) atoms. The lowest BCUT2D eigenvalue weighted by Gasteiger charge is -2.38. The van der Waals surface area contributed by atoms with Crippen molar-refractivity contribution in [3.05, 3.63) is 0 Å². The highest BCUT2D eigenvalue weighted by Crippen LogP contribution is 2.37. The van der Waals surface area contributed by atoms with Crippen molar-refractivity contribution >= 4 is 0 Å². The lowest BCUT2D eigenvalue weighted by atomic mass is 9.71. The van der Waals surface area contributed by atoms with Crippen LogP contribution in [0.25, 0.3) is 0 Å². The summed E-state index contributed by atoms with van der Waals surface area (Å²) < 4.78 is 5.49. The Bertz CT molecular complexity index is 206. The van der Waals surface area contributed by atoms with Gasteiger partial charge in [0.15, 0.2) is 0 Å². The van der Waals surface area contributed by atoms with Gasteiger partial charge in [-0.05, 0) is 43.4 Å². The molecular weight excluding hydrogens is 200 g/mol. The van der Waals surface area contributed by atoms with E-state index in [1.165, 1.54) is 25.7 Å². The maximum Gasteiger partial charge on any atom is 0.0510 e. The Morgan fingerprint density at radius 3 is 2.31 bits per heavy atom. The van der Waals surface area contributed by atoms with Gasteiger partial charge in [-0.3, -0.25) is 11.3 Å². The van der Waals surface area contributed by atoms with E-state index in [1.807, 2.05) is 0 Å². The summed E-state index contributed by atoms with van der Waals surface area (Å²) in [5.41, 5.74) is 3.07. The van der Waals surface area contributed by atoms with Gasteiger partial charge in [0.25, 0.3) is 0 Å². The van der Waals surface area contributed by atoms with E-state index in [4.69, 9.17) is 10.6 Å². The van der Waals surface area contributed by atoms with E-state index in [0.29, 0.717) is 12.0 Å². The third kappa shape index (κ3) is 2.76. The fraction of sp³-hybridized carbons (Fsp3) is 1.00. The standard InChI is InChI=1S/C13H26N2O/c1-9-5-10(2)7-12(6-9)13(15-14)11-3-4-16-8-11/h9-13,15H,3-8,14H2,1-2H3. The van der Waals surface area contributed by atoms with Crippen molar-refractivity contribution in [3.8, 4) is 0 Å². The number of hydrogen-bond acceptors (Lipinski definition) is 3. The summed E-state index contributed by atoms with van der Waals surface area (Å²) >= 11 is 0. The van der Waals surface area contributed by atoms with Crippen LogP contribution < -0.4 is 11.3 Å². The predicted octanol–water partition coefficient (Wildman–Crippen LogP) is 1.93. The molecule has 1 saturated carbocycles. The average Bonchev–Trinajstić information content (AvgIpc) is 2.70. The maximum atomic E-state index is 5.77. The highest BCUT2D eigenvalue weighted by Gasteiger charge is 2.35. The summed E-state index contributed by atoms with van der Waals surface area (Å²) in [5, 5.41) is 0. The molecule has 3 heteroatoms. The molecule has 1 aliphatic carbocycles. The Morgan fingerprint density at radius 2 is 1.81 bits per heavy atom. The van der Waals surface area contributed by atoms with Crippen molar-refractivity contribution in [1.29, 1.82) is 0 Å². The quantitative estimate of drug-likeness (QED) is 0.571. The minimum Gasteiger partial charge on any atom is -0.381 e. The smallest absolute Gasteiger partial charge is 0.0510 e. The molecule has 3 N–H and O–H groups in total. The van der Waals surface area contributed by atoms with Crippen LogP contribution in [0.15, 0.2) is 0 Å². The van der Waals surface area contributed by atoms with Gasteiger partial charge in [0.1, 0.15) is 0 Å². The van der Waals surface area contributed by atoms with Gasteiger partial charge in [0.2, 0.25) is 0 Å². The second kappa shape index (κ2) is 5.48. The van der Waals surface area contributed by atoms with Gasteiger partial charge in [-0.1, -0.05) is 13.8 Å². The summed E-state index contributed by atoms with van der Waals surface area (Å²) in [7, 11) is 0. The second-order valence-corrected chi connectivity index (χ2v) is 5.99. The molecule has 1 aliphatic heterocycles. The highest BCUT2D eigenvalue weighted by atomic mass is 16.5. The second-order valence-electron chi connectivity index (χ2n) is 5.99. The first-order valence-corrected chi connectivity index (χ1v) is 6.74. The average molecular weight is 226 g/mol. The zero-order chi connectivity index (χ0) is 11.5. The van der Waals surface area contributed by atoms with Gasteiger partial charge in [-0.15, -0.1) is 0 Å². The van der Waals surface area contributed by atoms with Crippen molar-refractivity contribution in [2.75, 3.05) is 13.2 Å². The van der Waals surface area contributed by atoms with Crippen LogP contribution in [0.2, 0.25) is 0 Å². The topological polar surface area (TPSA) is 47.3 Å². The molecule has 0 bridgehead atoms. The minimum atomic E-state index is 0.465. The molecule has 0 aromatic carbocycles. The van der Waals surface area contributed by atoms with Crippen molar-refractivity contribution in [3.63, 3.8) is 0 Å². The lowest BCUT2D eigenvalue weighted by molar-refractivity contribution is 0.125. The van der Waals surface area contributed by atoms with E-state index in [0.717, 1.165) is 31.0 Å². The summed E-state index contributed by atoms with van der Waals surface area (Å²) in [6, 6.07) is 0.465. The van der Waals surface area contributed by atoms with Gasteiger partial charge in [0.05, 0.1) is 6.61 Å². The predicted molar refractivity (Wildman–Crippen MR) is 65.7 cm³/mol. The summed E-state index contributed by atoms with van der Waals surface area (Å²) in [5.74, 6) is 8.85. The van der Waals surface area contributed by atoms with E-state index < -0.39 is 0 Å². The molecule has 4 unspecified atom stereocenters. The minimum absolute atomic E-state index is 0.465. The Labute approximate surface area is 99.1 Å². The number of rotatable bonds is 3. The molecule has 0 spiro atoms. The Balaban J connectivity index is 1.96. The first kappa shape index (κ1) is 12.3. The zero-order valence-corrected chi connectivity index (χ0v) is 10.6. The molecule has 1 saturated heterocycles. The van der Waals surface area contributed by atoms with E-state index in [-0.39, 0.29) is 0 Å². The van der Waals surface area contributed by atoms with Gasteiger partial charge in [0, 0.05) is 18.6 Å². The van der Waals surface area contributed by atoms with E-state index in [1.54, 1.807) is 0 Å². The molecule has 2 fully saturated rings. The number of hydrogen-bond donors (Lipinski definition) is 2. The van der Waals surface area contributed by atoms with E-state index in [2.05, 4.69) is 19.3 Å². The Hall–Kier alpha value is -0.120. The molecule has 2 rings (SSSR count). The van der Waals surface area contributed by atoms with Crippen LogP contribution in [0.5, 0.6) is 0 Å². The molecule has 1 heterocycles. The molecular formula is C13H26N2O. The van der Waals surface area contributed by atoms with Crippen LogP contribution in [0.4, 0.5) is 0 Å². The van der Waals surface area contributed by atoms with Crippen LogP contribution in [-0.4, -0.2) is 19.3 Å². The SMILES string of the molecule is CC1CC(C)CC(C(NN)C2CCOC2)C1. The maximum absolute atomic E-state index is 5.77. The first-order valence-electron chi connectivity index (χ1n) is 6.74. The first-order chi connectivity index (χ1) is 7.70. The van der Waals surface area contributed by atoms with Crippen LogP contribution in [0.3, 0.4) is 0 Å². The molecule has 0 radical (unpaired) electrons. The zero-order valence-electron chi connectivity index (χ0n) is 10.6. The lowest BCUT2D eigenvalue weighted by Crippen LogP contribution is -2.48. The summed E-state index contributed by atoms with van der Waals surface area (Å²) in [6.45, 7) is 6.57. The molecule has 2 aliphatic rings.